The van der Waals surface area contributed by atoms with E-state index in [1.165, 1.54) is 12.8 Å². The molecule has 1 saturated carbocycles. The molecule has 4 nitrogen and oxygen atoms in total. The van der Waals surface area contributed by atoms with Crippen molar-refractivity contribution in [2.45, 2.75) is 45.1 Å². The van der Waals surface area contributed by atoms with Gasteiger partial charge in [-0.3, -0.25) is 4.79 Å². The van der Waals surface area contributed by atoms with Crippen LogP contribution < -0.4 is 10.6 Å². The average Bonchev–Trinajstić information content (AvgIpc) is 3.21. The maximum atomic E-state index is 12.3. The SMILES string of the molecule is CCCN(C(=O)CNCC1CC1)C1CCNCC1. The summed E-state index contributed by atoms with van der Waals surface area (Å²) in [5, 5.41) is 6.68. The van der Waals surface area contributed by atoms with Gasteiger partial charge in [-0.1, -0.05) is 6.92 Å². The zero-order chi connectivity index (χ0) is 12.8. The fraction of sp³-hybridized carbons (Fsp3) is 0.929. The van der Waals surface area contributed by atoms with Crippen molar-refractivity contribution in [3.8, 4) is 0 Å². The molecule has 0 bridgehead atoms. The standard InChI is InChI=1S/C14H27N3O/c1-2-9-17(13-5-7-15-8-6-13)14(18)11-16-10-12-3-4-12/h12-13,15-16H,2-11H2,1H3. The van der Waals surface area contributed by atoms with Gasteiger partial charge in [0.2, 0.25) is 5.91 Å². The molecule has 4 heteroatoms. The number of carbonyl (C=O) groups excluding carboxylic acids is 1. The molecule has 18 heavy (non-hydrogen) atoms. The molecule has 2 N–H and O–H groups in total. The minimum Gasteiger partial charge on any atom is -0.339 e. The van der Waals surface area contributed by atoms with Crippen LogP contribution in [0.25, 0.3) is 0 Å². The third-order valence-electron chi connectivity index (χ3n) is 3.94. The van der Waals surface area contributed by atoms with Crippen LogP contribution in [0.2, 0.25) is 0 Å². The highest BCUT2D eigenvalue weighted by Gasteiger charge is 2.25. The Balaban J connectivity index is 1.76. The van der Waals surface area contributed by atoms with E-state index >= 15 is 0 Å². The molecule has 1 aliphatic heterocycles. The smallest absolute Gasteiger partial charge is 0.236 e. The van der Waals surface area contributed by atoms with Gasteiger partial charge in [-0.2, -0.15) is 0 Å². The molecule has 2 fully saturated rings. The predicted octanol–water partition coefficient (Wildman–Crippen LogP) is 0.977. The van der Waals surface area contributed by atoms with Crippen molar-refractivity contribution in [1.82, 2.24) is 15.5 Å². The van der Waals surface area contributed by atoms with Crippen LogP contribution in [0.5, 0.6) is 0 Å². The fourth-order valence-corrected chi connectivity index (χ4v) is 2.68. The number of hydrogen-bond acceptors (Lipinski definition) is 3. The summed E-state index contributed by atoms with van der Waals surface area (Å²) in [7, 11) is 0. The highest BCUT2D eigenvalue weighted by atomic mass is 16.2. The van der Waals surface area contributed by atoms with E-state index in [1.54, 1.807) is 0 Å². The zero-order valence-corrected chi connectivity index (χ0v) is 11.6. The molecule has 0 aromatic carbocycles. The number of rotatable bonds is 7. The van der Waals surface area contributed by atoms with Crippen molar-refractivity contribution < 1.29 is 4.79 Å². The number of nitrogens with zero attached hydrogens (tertiary/aromatic N) is 1. The Morgan fingerprint density at radius 2 is 2.00 bits per heavy atom. The van der Waals surface area contributed by atoms with Crippen molar-refractivity contribution in [2.24, 2.45) is 5.92 Å². The van der Waals surface area contributed by atoms with Gasteiger partial charge in [0.1, 0.15) is 0 Å². The van der Waals surface area contributed by atoms with Crippen molar-refractivity contribution in [3.63, 3.8) is 0 Å². The summed E-state index contributed by atoms with van der Waals surface area (Å²) in [6.07, 6.45) is 5.95. The van der Waals surface area contributed by atoms with Crippen LogP contribution in [-0.4, -0.2) is 49.6 Å². The summed E-state index contributed by atoms with van der Waals surface area (Å²) >= 11 is 0. The van der Waals surface area contributed by atoms with Crippen LogP contribution in [-0.2, 0) is 4.79 Å². The van der Waals surface area contributed by atoms with Gasteiger partial charge in [-0.15, -0.1) is 0 Å². The number of amides is 1. The van der Waals surface area contributed by atoms with Crippen molar-refractivity contribution in [1.29, 1.82) is 0 Å². The van der Waals surface area contributed by atoms with Gasteiger partial charge in [0.05, 0.1) is 6.54 Å². The lowest BCUT2D eigenvalue weighted by atomic mass is 10.0. The van der Waals surface area contributed by atoms with Gasteiger partial charge in [-0.05, 0) is 57.7 Å². The van der Waals surface area contributed by atoms with Gasteiger partial charge in [-0.25, -0.2) is 0 Å². The van der Waals surface area contributed by atoms with Crippen molar-refractivity contribution in [3.05, 3.63) is 0 Å². The third-order valence-corrected chi connectivity index (χ3v) is 3.94. The first-order chi connectivity index (χ1) is 8.81. The zero-order valence-electron chi connectivity index (χ0n) is 11.6. The van der Waals surface area contributed by atoms with Crippen LogP contribution in [0.15, 0.2) is 0 Å². The number of nitrogens with one attached hydrogen (secondary N) is 2. The molecule has 1 heterocycles. The summed E-state index contributed by atoms with van der Waals surface area (Å²) in [4.78, 5) is 14.4. The molecule has 0 spiro atoms. The van der Waals surface area contributed by atoms with Crippen molar-refractivity contribution >= 4 is 5.91 Å². The normalized spacial score (nSPS) is 20.9. The first kappa shape index (κ1) is 13.8. The minimum atomic E-state index is 0.296. The maximum Gasteiger partial charge on any atom is 0.236 e. The summed E-state index contributed by atoms with van der Waals surface area (Å²) in [5.41, 5.74) is 0. The molecule has 2 rings (SSSR count). The lowest BCUT2D eigenvalue weighted by Gasteiger charge is -2.34. The third kappa shape index (κ3) is 4.25. The Morgan fingerprint density at radius 3 is 2.61 bits per heavy atom. The quantitative estimate of drug-likeness (QED) is 0.711. The van der Waals surface area contributed by atoms with Crippen LogP contribution in [0.3, 0.4) is 0 Å². The molecule has 1 saturated heterocycles. The van der Waals surface area contributed by atoms with E-state index in [9.17, 15) is 4.79 Å². The van der Waals surface area contributed by atoms with Gasteiger partial charge in [0.15, 0.2) is 0 Å². The lowest BCUT2D eigenvalue weighted by molar-refractivity contribution is -0.133. The molecule has 2 aliphatic rings. The van der Waals surface area contributed by atoms with E-state index in [0.717, 1.165) is 51.4 Å². The molecule has 1 aliphatic carbocycles. The van der Waals surface area contributed by atoms with Crippen LogP contribution in [0.1, 0.15) is 39.0 Å². The molecular weight excluding hydrogens is 226 g/mol. The second-order valence-electron chi connectivity index (χ2n) is 5.64. The first-order valence-electron chi connectivity index (χ1n) is 7.52. The molecule has 104 valence electrons. The average molecular weight is 253 g/mol. The Bertz CT molecular complexity index is 260. The van der Waals surface area contributed by atoms with Gasteiger partial charge < -0.3 is 15.5 Å². The maximum absolute atomic E-state index is 12.3. The Morgan fingerprint density at radius 1 is 1.28 bits per heavy atom. The minimum absolute atomic E-state index is 0.296. The monoisotopic (exact) mass is 253 g/mol. The van der Waals surface area contributed by atoms with Gasteiger partial charge >= 0.3 is 0 Å². The molecule has 0 unspecified atom stereocenters. The van der Waals surface area contributed by atoms with Crippen LogP contribution >= 0.6 is 0 Å². The van der Waals surface area contributed by atoms with Crippen LogP contribution in [0, 0.1) is 5.92 Å². The fourth-order valence-electron chi connectivity index (χ4n) is 2.68. The molecule has 0 atom stereocenters. The lowest BCUT2D eigenvalue weighted by Crippen LogP contribution is -2.49. The van der Waals surface area contributed by atoms with E-state index in [4.69, 9.17) is 0 Å². The Hall–Kier alpha value is -0.610. The number of hydrogen-bond donors (Lipinski definition) is 2. The van der Waals surface area contributed by atoms with E-state index in [0.29, 0.717) is 18.5 Å². The Kier molecular flexibility index (Phi) is 5.45. The summed E-state index contributed by atoms with van der Waals surface area (Å²) in [6, 6.07) is 0.460. The largest absolute Gasteiger partial charge is 0.339 e. The highest BCUT2D eigenvalue weighted by Crippen LogP contribution is 2.27. The summed E-state index contributed by atoms with van der Waals surface area (Å²) < 4.78 is 0. The summed E-state index contributed by atoms with van der Waals surface area (Å²) in [5.74, 6) is 1.14. The molecular formula is C14H27N3O. The second-order valence-corrected chi connectivity index (χ2v) is 5.64. The molecule has 0 radical (unpaired) electrons. The molecule has 0 aromatic heterocycles. The molecule has 1 amide bonds. The van der Waals surface area contributed by atoms with E-state index in [2.05, 4.69) is 22.5 Å². The second kappa shape index (κ2) is 7.10. The Labute approximate surface area is 110 Å². The van der Waals surface area contributed by atoms with Gasteiger partial charge in [0.25, 0.3) is 0 Å². The van der Waals surface area contributed by atoms with Crippen LogP contribution in [0.4, 0.5) is 0 Å². The van der Waals surface area contributed by atoms with E-state index in [1.807, 2.05) is 0 Å². The summed E-state index contributed by atoms with van der Waals surface area (Å²) in [6.45, 7) is 6.72. The number of piperidine rings is 1. The van der Waals surface area contributed by atoms with Gasteiger partial charge in [0, 0.05) is 12.6 Å². The van der Waals surface area contributed by atoms with E-state index < -0.39 is 0 Å². The predicted molar refractivity (Wildman–Crippen MR) is 73.5 cm³/mol. The number of carbonyl (C=O) groups is 1. The first-order valence-corrected chi connectivity index (χ1v) is 7.52. The van der Waals surface area contributed by atoms with E-state index in [-0.39, 0.29) is 0 Å². The topological polar surface area (TPSA) is 44.4 Å². The highest BCUT2D eigenvalue weighted by molar-refractivity contribution is 5.78. The molecule has 0 aromatic rings. The van der Waals surface area contributed by atoms with Crippen molar-refractivity contribution in [2.75, 3.05) is 32.7 Å².